The van der Waals surface area contributed by atoms with Gasteiger partial charge in [-0.1, -0.05) is 6.08 Å². The first-order valence-corrected chi connectivity index (χ1v) is 7.67. The van der Waals surface area contributed by atoms with E-state index in [-0.39, 0.29) is 22.5 Å². The van der Waals surface area contributed by atoms with Crippen LogP contribution in [0.3, 0.4) is 0 Å². The number of carbonyl (C=O) groups is 2. The Hall–Kier alpha value is -3.46. The van der Waals surface area contributed by atoms with Crippen LogP contribution in [0.15, 0.2) is 52.5 Å². The van der Waals surface area contributed by atoms with Crippen molar-refractivity contribution in [1.29, 1.82) is 0 Å². The van der Waals surface area contributed by atoms with E-state index < -0.39 is 11.9 Å². The molecule has 1 heterocycles. The number of nitrogens with one attached hydrogen (secondary N) is 2. The number of hydrogen-bond donors (Lipinski definition) is 2. The van der Waals surface area contributed by atoms with Gasteiger partial charge in [-0.15, -0.1) is 6.58 Å². The molecule has 0 aliphatic heterocycles. The molecule has 0 radical (unpaired) electrons. The lowest BCUT2D eigenvalue weighted by Crippen LogP contribution is -2.31. The normalized spacial score (nSPS) is 10.5. The van der Waals surface area contributed by atoms with Crippen LogP contribution in [0, 0.1) is 0 Å². The third kappa shape index (κ3) is 5.02. The minimum atomic E-state index is -1.51. The second-order valence-electron chi connectivity index (χ2n) is 4.94. The molecule has 0 saturated carbocycles. The molecule has 1 aromatic heterocycles. The van der Waals surface area contributed by atoms with E-state index in [1.807, 2.05) is 0 Å². The van der Waals surface area contributed by atoms with Gasteiger partial charge in [-0.2, -0.15) is 5.10 Å². The van der Waals surface area contributed by atoms with Crippen LogP contribution in [0.4, 0.5) is 0 Å². The minimum absolute atomic E-state index is 0.252. The summed E-state index contributed by atoms with van der Waals surface area (Å²) in [4.78, 5) is 22.1. The predicted molar refractivity (Wildman–Crippen MR) is 94.3 cm³/mol. The number of carbonyl (C=O) groups excluding carboxylic acids is 2. The molecule has 134 valence electrons. The first-order valence-electron chi connectivity index (χ1n) is 7.26. The highest BCUT2D eigenvalue weighted by Gasteiger charge is 2.08. The Bertz CT molecular complexity index is 856. The number of nitrogens with zero attached hydrogens (tertiary/aromatic N) is 1. The zero-order chi connectivity index (χ0) is 19.1. The minimum Gasteiger partial charge on any atom is -0.545 e. The highest BCUT2D eigenvalue weighted by Crippen LogP contribution is 2.24. The molecule has 0 atom stereocenters. The Morgan fingerprint density at radius 3 is 2.42 bits per heavy atom. The molecule has 9 heteroatoms. The number of benzene rings is 1. The van der Waals surface area contributed by atoms with E-state index in [4.69, 9.17) is 16.6 Å². The molecule has 0 unspecified atom stereocenters. The summed E-state index contributed by atoms with van der Waals surface area (Å²) in [6.07, 6.45) is 2.99. The van der Waals surface area contributed by atoms with Crippen molar-refractivity contribution >= 4 is 35.5 Å². The van der Waals surface area contributed by atoms with Gasteiger partial charge in [0.1, 0.15) is 11.5 Å². The Morgan fingerprint density at radius 1 is 1.19 bits per heavy atom. The lowest BCUT2D eigenvalue weighted by atomic mass is 10.0. The Balaban J connectivity index is 2.18. The quantitative estimate of drug-likeness (QED) is 0.293. The van der Waals surface area contributed by atoms with Gasteiger partial charge in [0.2, 0.25) is 0 Å². The Labute approximate surface area is 153 Å². The van der Waals surface area contributed by atoms with Crippen molar-refractivity contribution in [2.75, 3.05) is 6.54 Å². The molecular weight excluding hydrogens is 358 g/mol. The second kappa shape index (κ2) is 8.58. The number of hydrogen-bond acceptors (Lipinski definition) is 7. The fraction of sp³-hybridized carbons (Fsp3) is 0.0588. The highest BCUT2D eigenvalue weighted by atomic mass is 32.1. The van der Waals surface area contributed by atoms with Crippen molar-refractivity contribution in [3.63, 3.8) is 0 Å². The number of hydrazone groups is 1. The van der Waals surface area contributed by atoms with Crippen LogP contribution < -0.4 is 21.0 Å². The largest absolute Gasteiger partial charge is 0.545 e. The summed E-state index contributed by atoms with van der Waals surface area (Å²) in [5.41, 5.74) is 2.23. The first-order chi connectivity index (χ1) is 12.4. The van der Waals surface area contributed by atoms with Crippen LogP contribution in [-0.2, 0) is 0 Å². The number of carboxylic acids is 2. The van der Waals surface area contributed by atoms with Crippen molar-refractivity contribution < 1.29 is 24.2 Å². The smallest absolute Gasteiger partial charge is 0.187 e. The molecule has 8 nitrogen and oxygen atoms in total. The Morgan fingerprint density at radius 2 is 1.85 bits per heavy atom. The molecule has 0 spiro atoms. The second-order valence-corrected chi connectivity index (χ2v) is 5.35. The molecule has 0 aliphatic carbocycles. The zero-order valence-corrected chi connectivity index (χ0v) is 14.2. The fourth-order valence-corrected chi connectivity index (χ4v) is 2.08. The van der Waals surface area contributed by atoms with Crippen molar-refractivity contribution in [2.24, 2.45) is 5.10 Å². The molecule has 1 aromatic carbocycles. The van der Waals surface area contributed by atoms with Crippen molar-refractivity contribution in [1.82, 2.24) is 10.7 Å². The summed E-state index contributed by atoms with van der Waals surface area (Å²) < 4.78 is 5.51. The average Bonchev–Trinajstić information content (AvgIpc) is 3.08. The SMILES string of the molecule is C=CCNC(=S)N/N=C/c1ccc(-c2cc(C(=O)[O-])cc(C(=O)[O-])c2)o1. The van der Waals surface area contributed by atoms with Crippen molar-refractivity contribution in [2.45, 2.75) is 0 Å². The standard InChI is InChI=1S/C17H15N3O5S/c1-2-5-18-17(26)20-19-9-13-3-4-14(25-13)10-6-11(15(21)22)8-12(7-10)16(23)24/h2-4,6-9H,1,5H2,(H,21,22)(H,23,24)(H2,18,20,26)/p-2/b19-9+. The summed E-state index contributed by atoms with van der Waals surface area (Å²) in [5, 5.41) is 29.1. The highest BCUT2D eigenvalue weighted by molar-refractivity contribution is 7.80. The van der Waals surface area contributed by atoms with Gasteiger partial charge in [0.15, 0.2) is 5.11 Å². The fourth-order valence-electron chi connectivity index (χ4n) is 1.94. The molecule has 0 bridgehead atoms. The monoisotopic (exact) mass is 371 g/mol. The van der Waals surface area contributed by atoms with Gasteiger partial charge in [0, 0.05) is 12.1 Å². The maximum atomic E-state index is 11.0. The average molecular weight is 371 g/mol. The number of carboxylic acid groups (broad SMARTS) is 2. The number of rotatable bonds is 7. The van der Waals surface area contributed by atoms with Gasteiger partial charge in [-0.3, -0.25) is 5.43 Å². The van der Waals surface area contributed by atoms with Gasteiger partial charge in [0.05, 0.1) is 18.2 Å². The van der Waals surface area contributed by atoms with Crippen LogP contribution in [0.5, 0.6) is 0 Å². The predicted octanol–water partition coefficient (Wildman–Crippen LogP) is -0.342. The van der Waals surface area contributed by atoms with Crippen molar-refractivity contribution in [3.8, 4) is 11.3 Å². The number of thiocarbonyl (C=S) groups is 1. The number of aromatic carboxylic acids is 2. The lowest BCUT2D eigenvalue weighted by molar-refractivity contribution is -0.255. The summed E-state index contributed by atoms with van der Waals surface area (Å²) in [6, 6.07) is 6.57. The zero-order valence-electron chi connectivity index (χ0n) is 13.4. The van der Waals surface area contributed by atoms with Crippen LogP contribution in [0.2, 0.25) is 0 Å². The van der Waals surface area contributed by atoms with Gasteiger partial charge < -0.3 is 29.5 Å². The molecule has 0 aliphatic rings. The van der Waals surface area contributed by atoms with E-state index in [1.165, 1.54) is 18.3 Å². The van der Waals surface area contributed by atoms with Gasteiger partial charge >= 0.3 is 0 Å². The molecule has 26 heavy (non-hydrogen) atoms. The molecule has 0 amide bonds. The number of furan rings is 1. The topological polar surface area (TPSA) is 130 Å². The molecular formula is C17H13N3O5S-2. The van der Waals surface area contributed by atoms with Crippen molar-refractivity contribution in [3.05, 3.63) is 59.9 Å². The van der Waals surface area contributed by atoms with Crippen LogP contribution >= 0.6 is 12.2 Å². The van der Waals surface area contributed by atoms with E-state index in [0.717, 1.165) is 6.07 Å². The van der Waals surface area contributed by atoms with Gasteiger partial charge in [-0.05, 0) is 53.7 Å². The van der Waals surface area contributed by atoms with Gasteiger partial charge in [-0.25, -0.2) is 0 Å². The summed E-state index contributed by atoms with van der Waals surface area (Å²) >= 11 is 4.96. The van der Waals surface area contributed by atoms with Crippen LogP contribution in [0.1, 0.15) is 26.5 Å². The molecule has 0 saturated heterocycles. The maximum Gasteiger partial charge on any atom is 0.187 e. The molecule has 2 aromatic rings. The van der Waals surface area contributed by atoms with Crippen LogP contribution in [-0.4, -0.2) is 29.8 Å². The third-order valence-electron chi connectivity index (χ3n) is 3.08. The molecule has 0 fully saturated rings. The summed E-state index contributed by atoms with van der Waals surface area (Å²) in [5.74, 6) is -2.42. The van der Waals surface area contributed by atoms with Gasteiger partial charge in [0.25, 0.3) is 0 Å². The summed E-state index contributed by atoms with van der Waals surface area (Å²) in [7, 11) is 0. The van der Waals surface area contributed by atoms with E-state index in [9.17, 15) is 19.8 Å². The Kier molecular flexibility index (Phi) is 6.23. The molecule has 2 rings (SSSR count). The van der Waals surface area contributed by atoms with E-state index in [2.05, 4.69) is 22.4 Å². The van der Waals surface area contributed by atoms with E-state index >= 15 is 0 Å². The molecule has 2 N–H and O–H groups in total. The van der Waals surface area contributed by atoms with E-state index in [0.29, 0.717) is 17.4 Å². The third-order valence-corrected chi connectivity index (χ3v) is 3.32. The first kappa shape index (κ1) is 18.9. The summed E-state index contributed by atoms with van der Waals surface area (Å²) in [6.45, 7) is 4.03. The van der Waals surface area contributed by atoms with Crippen LogP contribution in [0.25, 0.3) is 11.3 Å². The maximum absolute atomic E-state index is 11.0. The lowest BCUT2D eigenvalue weighted by Gasteiger charge is -2.09. The van der Waals surface area contributed by atoms with E-state index in [1.54, 1.807) is 18.2 Å².